The molecule has 0 saturated heterocycles. The molecule has 0 saturated carbocycles. The fourth-order valence-corrected chi connectivity index (χ4v) is 2.94. The summed E-state index contributed by atoms with van der Waals surface area (Å²) in [5, 5.41) is 20.0. The van der Waals surface area contributed by atoms with Gasteiger partial charge in [0.25, 0.3) is 0 Å². The Kier molecular flexibility index (Phi) is 4.10. The maximum absolute atomic E-state index is 10.9. The zero-order valence-electron chi connectivity index (χ0n) is 16.0. The standard InChI is InChI=1S/C21H27N3O/c1-20(2,3)13-14-11-15(21(4,5)6)12-18(19(14)25)24-22-16-9-7-8-10-17(16)23-24/h7-12,25H,13H2,1-6H3. The van der Waals surface area contributed by atoms with Crippen LogP contribution < -0.4 is 0 Å². The molecule has 0 bridgehead atoms. The molecule has 0 unspecified atom stereocenters. The van der Waals surface area contributed by atoms with Crippen molar-refractivity contribution in [1.82, 2.24) is 15.0 Å². The molecule has 0 aliphatic rings. The summed E-state index contributed by atoms with van der Waals surface area (Å²) in [7, 11) is 0. The molecule has 132 valence electrons. The highest BCUT2D eigenvalue weighted by Crippen LogP contribution is 2.36. The summed E-state index contributed by atoms with van der Waals surface area (Å²) in [6.45, 7) is 13.1. The van der Waals surface area contributed by atoms with E-state index in [9.17, 15) is 5.11 Å². The highest BCUT2D eigenvalue weighted by atomic mass is 16.3. The van der Waals surface area contributed by atoms with E-state index in [2.05, 4.69) is 57.8 Å². The Morgan fingerprint density at radius 2 is 1.48 bits per heavy atom. The summed E-state index contributed by atoms with van der Waals surface area (Å²) in [5.74, 6) is 0.267. The van der Waals surface area contributed by atoms with E-state index in [1.165, 1.54) is 5.56 Å². The van der Waals surface area contributed by atoms with Crippen LogP contribution in [-0.4, -0.2) is 20.1 Å². The summed E-state index contributed by atoms with van der Waals surface area (Å²) in [6, 6.07) is 11.9. The molecule has 0 aliphatic heterocycles. The van der Waals surface area contributed by atoms with E-state index in [4.69, 9.17) is 0 Å². The second-order valence-corrected chi connectivity index (χ2v) is 8.97. The van der Waals surface area contributed by atoms with Gasteiger partial charge in [-0.2, -0.15) is 0 Å². The van der Waals surface area contributed by atoms with E-state index in [-0.39, 0.29) is 16.6 Å². The van der Waals surface area contributed by atoms with Crippen LogP contribution in [0.2, 0.25) is 0 Å². The number of phenols is 1. The third-order valence-corrected chi connectivity index (χ3v) is 4.26. The molecule has 4 heteroatoms. The van der Waals surface area contributed by atoms with Crippen molar-refractivity contribution < 1.29 is 5.11 Å². The summed E-state index contributed by atoms with van der Waals surface area (Å²) >= 11 is 0. The average Bonchev–Trinajstić information content (AvgIpc) is 2.90. The van der Waals surface area contributed by atoms with Crippen molar-refractivity contribution in [2.75, 3.05) is 0 Å². The van der Waals surface area contributed by atoms with Crippen molar-refractivity contribution in [2.24, 2.45) is 5.41 Å². The van der Waals surface area contributed by atoms with Crippen molar-refractivity contribution in [1.29, 1.82) is 0 Å². The van der Waals surface area contributed by atoms with Gasteiger partial charge in [0, 0.05) is 0 Å². The second-order valence-electron chi connectivity index (χ2n) is 8.97. The van der Waals surface area contributed by atoms with Gasteiger partial charge in [0.05, 0.1) is 0 Å². The maximum Gasteiger partial charge on any atom is 0.146 e. The van der Waals surface area contributed by atoms with Gasteiger partial charge in [0.1, 0.15) is 22.5 Å². The zero-order valence-corrected chi connectivity index (χ0v) is 16.0. The molecule has 1 aromatic heterocycles. The number of hydrogen-bond donors (Lipinski definition) is 1. The van der Waals surface area contributed by atoms with Gasteiger partial charge in [-0.15, -0.1) is 15.0 Å². The number of benzene rings is 2. The number of fused-ring (bicyclic) bond motifs is 1. The van der Waals surface area contributed by atoms with Gasteiger partial charge in [-0.1, -0.05) is 59.7 Å². The molecule has 0 spiro atoms. The first-order valence-electron chi connectivity index (χ1n) is 8.73. The molecule has 0 aliphatic carbocycles. The minimum absolute atomic E-state index is 0.0261. The van der Waals surface area contributed by atoms with Crippen molar-refractivity contribution in [2.45, 2.75) is 53.4 Å². The predicted octanol–water partition coefficient (Wildman–Crippen LogP) is 5.01. The number of nitrogens with zero attached hydrogens (tertiary/aromatic N) is 3. The quantitative estimate of drug-likeness (QED) is 0.715. The Bertz CT molecular complexity index is 878. The van der Waals surface area contributed by atoms with E-state index in [0.29, 0.717) is 5.69 Å². The summed E-state index contributed by atoms with van der Waals surface area (Å²) in [5.41, 5.74) is 4.44. The first kappa shape index (κ1) is 17.5. The van der Waals surface area contributed by atoms with Crippen LogP contribution in [0.25, 0.3) is 16.7 Å². The van der Waals surface area contributed by atoms with Crippen LogP contribution in [0.3, 0.4) is 0 Å². The predicted molar refractivity (Wildman–Crippen MR) is 102 cm³/mol. The first-order chi connectivity index (χ1) is 11.5. The van der Waals surface area contributed by atoms with Gasteiger partial charge in [0.15, 0.2) is 0 Å². The monoisotopic (exact) mass is 337 g/mol. The number of phenolic OH excluding ortho intramolecular Hbond substituents is 1. The van der Waals surface area contributed by atoms with E-state index in [1.54, 1.807) is 4.80 Å². The number of aromatic hydroxyl groups is 1. The molecule has 1 heterocycles. The maximum atomic E-state index is 10.9. The third kappa shape index (κ3) is 3.68. The molecular weight excluding hydrogens is 310 g/mol. The van der Waals surface area contributed by atoms with E-state index < -0.39 is 0 Å². The highest BCUT2D eigenvalue weighted by Gasteiger charge is 2.23. The summed E-state index contributed by atoms with van der Waals surface area (Å²) in [4.78, 5) is 1.56. The minimum Gasteiger partial charge on any atom is -0.505 e. The highest BCUT2D eigenvalue weighted by molar-refractivity contribution is 5.73. The van der Waals surface area contributed by atoms with Crippen LogP contribution in [0.1, 0.15) is 52.7 Å². The SMILES string of the molecule is CC(C)(C)Cc1cc(C(C)(C)C)cc(-n2nc3ccccc3n2)c1O. The molecular formula is C21H27N3O. The lowest BCUT2D eigenvalue weighted by Gasteiger charge is -2.25. The smallest absolute Gasteiger partial charge is 0.146 e. The first-order valence-corrected chi connectivity index (χ1v) is 8.73. The molecule has 0 atom stereocenters. The minimum atomic E-state index is -0.0261. The van der Waals surface area contributed by atoms with Gasteiger partial charge in [-0.05, 0) is 46.6 Å². The third-order valence-electron chi connectivity index (χ3n) is 4.26. The molecule has 0 amide bonds. The van der Waals surface area contributed by atoms with E-state index >= 15 is 0 Å². The Labute approximate surface area is 149 Å². The van der Waals surface area contributed by atoms with Gasteiger partial charge in [0.2, 0.25) is 0 Å². The molecule has 0 fully saturated rings. The molecule has 4 nitrogen and oxygen atoms in total. The zero-order chi connectivity index (χ0) is 18.4. The molecule has 2 aromatic carbocycles. The van der Waals surface area contributed by atoms with Crippen LogP contribution in [0, 0.1) is 5.41 Å². The van der Waals surface area contributed by atoms with Crippen LogP contribution in [0.4, 0.5) is 0 Å². The Hall–Kier alpha value is -2.36. The van der Waals surface area contributed by atoms with Gasteiger partial charge in [-0.3, -0.25) is 0 Å². The summed E-state index contributed by atoms with van der Waals surface area (Å²) < 4.78 is 0. The fraction of sp³-hybridized carbons (Fsp3) is 0.429. The number of aromatic nitrogens is 3. The largest absolute Gasteiger partial charge is 0.505 e. The molecule has 1 N–H and O–H groups in total. The van der Waals surface area contributed by atoms with Crippen molar-refractivity contribution in [3.05, 3.63) is 47.5 Å². The lowest BCUT2D eigenvalue weighted by atomic mass is 9.82. The topological polar surface area (TPSA) is 50.9 Å². The lowest BCUT2D eigenvalue weighted by molar-refractivity contribution is 0.392. The van der Waals surface area contributed by atoms with Crippen LogP contribution in [-0.2, 0) is 11.8 Å². The Balaban J connectivity index is 2.22. The Morgan fingerprint density at radius 3 is 1.96 bits per heavy atom. The fourth-order valence-electron chi connectivity index (χ4n) is 2.94. The number of hydrogen-bond acceptors (Lipinski definition) is 3. The van der Waals surface area contributed by atoms with Gasteiger partial charge in [-0.25, -0.2) is 0 Å². The van der Waals surface area contributed by atoms with Crippen LogP contribution in [0.5, 0.6) is 5.75 Å². The molecule has 3 rings (SSSR count). The van der Waals surface area contributed by atoms with E-state index in [1.807, 2.05) is 30.3 Å². The van der Waals surface area contributed by atoms with Crippen molar-refractivity contribution in [3.8, 4) is 11.4 Å². The van der Waals surface area contributed by atoms with Crippen molar-refractivity contribution >= 4 is 11.0 Å². The molecule has 0 radical (unpaired) electrons. The normalized spacial score (nSPS) is 12.7. The van der Waals surface area contributed by atoms with Gasteiger partial charge < -0.3 is 5.11 Å². The number of rotatable bonds is 2. The Morgan fingerprint density at radius 1 is 0.920 bits per heavy atom. The van der Waals surface area contributed by atoms with Crippen molar-refractivity contribution in [3.63, 3.8) is 0 Å². The van der Waals surface area contributed by atoms with Gasteiger partial charge >= 0.3 is 0 Å². The lowest BCUT2D eigenvalue weighted by Crippen LogP contribution is -2.16. The van der Waals surface area contributed by atoms with E-state index in [0.717, 1.165) is 23.0 Å². The summed E-state index contributed by atoms with van der Waals surface area (Å²) in [6.07, 6.45) is 0.788. The van der Waals surface area contributed by atoms with Crippen LogP contribution in [0.15, 0.2) is 36.4 Å². The van der Waals surface area contributed by atoms with Crippen LogP contribution >= 0.6 is 0 Å². The molecule has 3 aromatic rings. The second kappa shape index (κ2) is 5.87. The molecule has 25 heavy (non-hydrogen) atoms. The average molecular weight is 337 g/mol.